The Morgan fingerprint density at radius 2 is 2.33 bits per heavy atom. The minimum absolute atomic E-state index is 0.00657. The van der Waals surface area contributed by atoms with Gasteiger partial charge in [-0.1, -0.05) is 13.3 Å². The summed E-state index contributed by atoms with van der Waals surface area (Å²) in [7, 11) is 0. The van der Waals surface area contributed by atoms with Gasteiger partial charge >= 0.3 is 0 Å². The third-order valence-electron chi connectivity index (χ3n) is 3.03. The summed E-state index contributed by atoms with van der Waals surface area (Å²) in [6.07, 6.45) is 4.10. The highest BCUT2D eigenvalue weighted by atomic mass is 32.2. The molecule has 0 aromatic heterocycles. The van der Waals surface area contributed by atoms with Crippen LogP contribution in [0.3, 0.4) is 0 Å². The SMILES string of the molecule is CCC(C)(CO)NC(=O)C1CCCCS1. The van der Waals surface area contributed by atoms with Gasteiger partial charge in [0.05, 0.1) is 17.4 Å². The minimum Gasteiger partial charge on any atom is -0.394 e. The molecular formula is C11H21NO2S. The van der Waals surface area contributed by atoms with E-state index in [1.54, 1.807) is 11.8 Å². The molecule has 1 amide bonds. The topological polar surface area (TPSA) is 49.3 Å². The maximum absolute atomic E-state index is 11.9. The Kier molecular flexibility index (Phi) is 4.93. The number of aliphatic hydroxyl groups excluding tert-OH is 1. The number of rotatable bonds is 4. The lowest BCUT2D eigenvalue weighted by Crippen LogP contribution is -2.51. The second-order valence-corrected chi connectivity index (χ2v) is 5.73. The Morgan fingerprint density at radius 1 is 1.60 bits per heavy atom. The molecule has 4 heteroatoms. The van der Waals surface area contributed by atoms with Crippen molar-refractivity contribution < 1.29 is 9.90 Å². The van der Waals surface area contributed by atoms with Crippen LogP contribution in [0.15, 0.2) is 0 Å². The number of nitrogens with one attached hydrogen (secondary N) is 1. The van der Waals surface area contributed by atoms with Crippen molar-refractivity contribution >= 4 is 17.7 Å². The number of carbonyl (C=O) groups excluding carboxylic acids is 1. The lowest BCUT2D eigenvalue weighted by molar-refractivity contribution is -0.123. The first kappa shape index (κ1) is 12.8. The summed E-state index contributed by atoms with van der Waals surface area (Å²) < 4.78 is 0. The summed E-state index contributed by atoms with van der Waals surface area (Å²) in [6.45, 7) is 3.87. The Morgan fingerprint density at radius 3 is 2.80 bits per heavy atom. The molecule has 2 N–H and O–H groups in total. The van der Waals surface area contributed by atoms with Crippen LogP contribution in [0.2, 0.25) is 0 Å². The summed E-state index contributed by atoms with van der Waals surface area (Å²) in [5, 5.41) is 12.3. The zero-order valence-electron chi connectivity index (χ0n) is 9.58. The molecule has 1 heterocycles. The summed E-state index contributed by atoms with van der Waals surface area (Å²) >= 11 is 1.74. The molecule has 1 rings (SSSR count). The summed E-state index contributed by atoms with van der Waals surface area (Å²) in [6, 6.07) is 0. The van der Waals surface area contributed by atoms with E-state index in [4.69, 9.17) is 0 Å². The molecule has 1 aliphatic heterocycles. The van der Waals surface area contributed by atoms with Gasteiger partial charge in [-0.3, -0.25) is 4.79 Å². The predicted molar refractivity (Wildman–Crippen MR) is 64.0 cm³/mol. The van der Waals surface area contributed by atoms with Crippen molar-refractivity contribution in [3.8, 4) is 0 Å². The van der Waals surface area contributed by atoms with Crippen LogP contribution in [0.4, 0.5) is 0 Å². The third-order valence-corrected chi connectivity index (χ3v) is 4.40. The van der Waals surface area contributed by atoms with Crippen LogP contribution in [-0.2, 0) is 4.79 Å². The molecule has 2 unspecified atom stereocenters. The molecule has 0 aliphatic carbocycles. The Bertz CT molecular complexity index is 211. The smallest absolute Gasteiger partial charge is 0.233 e. The van der Waals surface area contributed by atoms with Crippen LogP contribution < -0.4 is 5.32 Å². The van der Waals surface area contributed by atoms with E-state index in [1.165, 1.54) is 6.42 Å². The predicted octanol–water partition coefficient (Wildman–Crippen LogP) is 1.55. The van der Waals surface area contributed by atoms with Gasteiger partial charge in [0.25, 0.3) is 0 Å². The fourth-order valence-electron chi connectivity index (χ4n) is 1.57. The monoisotopic (exact) mass is 231 g/mol. The number of thioether (sulfide) groups is 1. The molecule has 0 aromatic carbocycles. The maximum Gasteiger partial charge on any atom is 0.233 e. The molecule has 0 radical (unpaired) electrons. The van der Waals surface area contributed by atoms with Crippen LogP contribution in [-0.4, -0.2) is 34.2 Å². The summed E-state index contributed by atoms with van der Waals surface area (Å²) in [5.74, 6) is 1.18. The lowest BCUT2D eigenvalue weighted by Gasteiger charge is -2.30. The van der Waals surface area contributed by atoms with Crippen molar-refractivity contribution in [1.29, 1.82) is 0 Å². The zero-order valence-corrected chi connectivity index (χ0v) is 10.4. The minimum atomic E-state index is -0.449. The van der Waals surface area contributed by atoms with Gasteiger partial charge < -0.3 is 10.4 Å². The lowest BCUT2D eigenvalue weighted by atomic mass is 9.99. The fourth-order valence-corrected chi connectivity index (χ4v) is 2.76. The molecule has 15 heavy (non-hydrogen) atoms. The van der Waals surface area contributed by atoms with Crippen LogP contribution in [0.5, 0.6) is 0 Å². The normalized spacial score (nSPS) is 25.7. The Labute approximate surface area is 96.0 Å². The van der Waals surface area contributed by atoms with Gasteiger partial charge in [-0.2, -0.15) is 0 Å². The van der Waals surface area contributed by atoms with Crippen molar-refractivity contribution in [2.45, 2.75) is 50.3 Å². The maximum atomic E-state index is 11.9. The highest BCUT2D eigenvalue weighted by Gasteiger charge is 2.28. The molecule has 2 atom stereocenters. The molecule has 3 nitrogen and oxygen atoms in total. The van der Waals surface area contributed by atoms with E-state index >= 15 is 0 Å². The van der Waals surface area contributed by atoms with E-state index in [0.29, 0.717) is 0 Å². The first-order chi connectivity index (χ1) is 7.11. The van der Waals surface area contributed by atoms with E-state index in [9.17, 15) is 9.90 Å². The molecular weight excluding hydrogens is 210 g/mol. The molecule has 1 aliphatic rings. The Hall–Kier alpha value is -0.220. The van der Waals surface area contributed by atoms with Gasteiger partial charge in [0.15, 0.2) is 0 Å². The number of amides is 1. The van der Waals surface area contributed by atoms with Crippen LogP contribution >= 0.6 is 11.8 Å². The second-order valence-electron chi connectivity index (χ2n) is 4.42. The third kappa shape index (κ3) is 3.68. The standard InChI is InChI=1S/C11H21NO2S/c1-3-11(2,8-13)12-10(14)9-6-4-5-7-15-9/h9,13H,3-8H2,1-2H3,(H,12,14). The van der Waals surface area contributed by atoms with Gasteiger partial charge in [-0.15, -0.1) is 11.8 Å². The first-order valence-corrected chi connectivity index (χ1v) is 6.70. The van der Waals surface area contributed by atoms with Crippen molar-refractivity contribution in [1.82, 2.24) is 5.32 Å². The van der Waals surface area contributed by atoms with E-state index in [-0.39, 0.29) is 17.8 Å². The molecule has 0 bridgehead atoms. The largest absolute Gasteiger partial charge is 0.394 e. The van der Waals surface area contributed by atoms with Gasteiger partial charge in [0.2, 0.25) is 5.91 Å². The molecule has 0 spiro atoms. The van der Waals surface area contributed by atoms with Gasteiger partial charge in [0, 0.05) is 0 Å². The highest BCUT2D eigenvalue weighted by Crippen LogP contribution is 2.25. The molecule has 88 valence electrons. The summed E-state index contributed by atoms with van der Waals surface area (Å²) in [5.41, 5.74) is -0.449. The van der Waals surface area contributed by atoms with Gasteiger partial charge in [-0.05, 0) is 31.9 Å². The summed E-state index contributed by atoms with van der Waals surface area (Å²) in [4.78, 5) is 11.9. The number of hydrogen-bond acceptors (Lipinski definition) is 3. The molecule has 0 saturated carbocycles. The highest BCUT2D eigenvalue weighted by molar-refractivity contribution is 8.00. The average molecular weight is 231 g/mol. The van der Waals surface area contributed by atoms with Crippen molar-refractivity contribution in [2.75, 3.05) is 12.4 Å². The van der Waals surface area contributed by atoms with Gasteiger partial charge in [0.1, 0.15) is 0 Å². The van der Waals surface area contributed by atoms with Crippen LogP contribution in [0, 0.1) is 0 Å². The number of hydrogen-bond donors (Lipinski definition) is 2. The molecule has 0 aromatic rings. The van der Waals surface area contributed by atoms with Crippen LogP contribution in [0.1, 0.15) is 39.5 Å². The first-order valence-electron chi connectivity index (χ1n) is 5.66. The molecule has 1 fully saturated rings. The second kappa shape index (κ2) is 5.75. The van der Waals surface area contributed by atoms with Gasteiger partial charge in [-0.25, -0.2) is 0 Å². The molecule has 1 saturated heterocycles. The number of carbonyl (C=O) groups is 1. The number of aliphatic hydroxyl groups is 1. The van der Waals surface area contributed by atoms with E-state index in [1.807, 2.05) is 13.8 Å². The van der Waals surface area contributed by atoms with Crippen LogP contribution in [0.25, 0.3) is 0 Å². The quantitative estimate of drug-likeness (QED) is 0.772. The zero-order chi connectivity index (χ0) is 11.3. The Balaban J connectivity index is 2.46. The van der Waals surface area contributed by atoms with E-state index in [2.05, 4.69) is 5.32 Å². The van der Waals surface area contributed by atoms with Crippen molar-refractivity contribution in [3.63, 3.8) is 0 Å². The fraction of sp³-hybridized carbons (Fsp3) is 0.909. The van der Waals surface area contributed by atoms with E-state index < -0.39 is 5.54 Å². The van der Waals surface area contributed by atoms with E-state index in [0.717, 1.165) is 25.0 Å². The van der Waals surface area contributed by atoms with Crippen molar-refractivity contribution in [2.24, 2.45) is 0 Å². The average Bonchev–Trinajstić information content (AvgIpc) is 2.30. The van der Waals surface area contributed by atoms with Crippen molar-refractivity contribution in [3.05, 3.63) is 0 Å².